The van der Waals surface area contributed by atoms with Crippen LogP contribution < -0.4 is 5.32 Å². The van der Waals surface area contributed by atoms with Crippen LogP contribution in [0.3, 0.4) is 0 Å². The molecule has 5 nitrogen and oxygen atoms in total. The van der Waals surface area contributed by atoms with Crippen molar-refractivity contribution < 1.29 is 14.0 Å². The van der Waals surface area contributed by atoms with Gasteiger partial charge in [-0.2, -0.15) is 0 Å². The first-order valence-corrected chi connectivity index (χ1v) is 11.6. The lowest BCUT2D eigenvalue weighted by Gasteiger charge is -2.16. The monoisotopic (exact) mass is 481 g/mol. The Morgan fingerprint density at radius 3 is 2.64 bits per heavy atom. The van der Waals surface area contributed by atoms with Gasteiger partial charge in [-0.15, -0.1) is 0 Å². The lowest BCUT2D eigenvalue weighted by molar-refractivity contribution is -0.128. The maximum Gasteiger partial charge on any atom is 0.242 e. The summed E-state index contributed by atoms with van der Waals surface area (Å²) in [6, 6.07) is 20.7. The molecule has 4 rings (SSSR count). The highest BCUT2D eigenvalue weighted by molar-refractivity contribution is 8.15. The Hall–Kier alpha value is -3.16. The zero-order valence-electron chi connectivity index (χ0n) is 17.8. The van der Waals surface area contributed by atoms with Gasteiger partial charge >= 0.3 is 0 Å². The number of amides is 2. The van der Waals surface area contributed by atoms with Gasteiger partial charge in [0.1, 0.15) is 11.1 Å². The number of thioether (sulfide) groups is 1. The molecule has 1 atom stereocenters. The third kappa shape index (κ3) is 5.80. The number of carbonyl (C=O) groups excluding carboxylic acids is 2. The third-order valence-electron chi connectivity index (χ3n) is 5.06. The van der Waals surface area contributed by atoms with E-state index in [2.05, 4.69) is 10.3 Å². The molecule has 3 aromatic rings. The summed E-state index contributed by atoms with van der Waals surface area (Å²) in [5.41, 5.74) is 2.81. The molecule has 1 aliphatic rings. The fraction of sp³-hybridized carbons (Fsp3) is 0.160. The van der Waals surface area contributed by atoms with E-state index in [0.717, 1.165) is 11.1 Å². The highest BCUT2D eigenvalue weighted by Gasteiger charge is 2.39. The molecule has 0 bridgehead atoms. The predicted octanol–water partition coefficient (Wildman–Crippen LogP) is 5.95. The van der Waals surface area contributed by atoms with Gasteiger partial charge in [-0.1, -0.05) is 65.8 Å². The van der Waals surface area contributed by atoms with E-state index in [1.807, 2.05) is 43.3 Å². The number of hydrogen-bond donors (Lipinski definition) is 1. The minimum absolute atomic E-state index is 0.0253. The number of benzene rings is 3. The van der Waals surface area contributed by atoms with Gasteiger partial charge in [-0.25, -0.2) is 9.38 Å². The summed E-state index contributed by atoms with van der Waals surface area (Å²) in [5, 5.41) is 3.15. The van der Waals surface area contributed by atoms with Gasteiger partial charge < -0.3 is 5.32 Å². The molecule has 1 saturated heterocycles. The second-order valence-electron chi connectivity index (χ2n) is 7.61. The van der Waals surface area contributed by atoms with Crippen LogP contribution in [-0.2, 0) is 16.1 Å². The van der Waals surface area contributed by atoms with Crippen LogP contribution in [0.1, 0.15) is 17.5 Å². The molecule has 1 N–H and O–H groups in total. The average Bonchev–Trinajstić information content (AvgIpc) is 3.05. The molecule has 0 spiro atoms. The van der Waals surface area contributed by atoms with Crippen LogP contribution in [0.5, 0.6) is 0 Å². The summed E-state index contributed by atoms with van der Waals surface area (Å²) in [7, 11) is 0. The van der Waals surface area contributed by atoms with Crippen molar-refractivity contribution in [3.8, 4) is 0 Å². The molecule has 0 saturated carbocycles. The minimum atomic E-state index is -0.637. The van der Waals surface area contributed by atoms with Gasteiger partial charge in [0.05, 0.1) is 12.2 Å². The highest BCUT2D eigenvalue weighted by atomic mass is 35.5. The van der Waals surface area contributed by atoms with E-state index in [1.54, 1.807) is 29.2 Å². The third-order valence-corrected chi connectivity index (χ3v) is 6.65. The van der Waals surface area contributed by atoms with Crippen LogP contribution in [0.25, 0.3) is 0 Å². The van der Waals surface area contributed by atoms with E-state index < -0.39 is 11.1 Å². The van der Waals surface area contributed by atoms with Crippen LogP contribution in [0.15, 0.2) is 77.8 Å². The van der Waals surface area contributed by atoms with E-state index in [9.17, 15) is 14.0 Å². The number of carbonyl (C=O) groups is 2. The van der Waals surface area contributed by atoms with Crippen molar-refractivity contribution in [1.82, 2.24) is 4.90 Å². The summed E-state index contributed by atoms with van der Waals surface area (Å²) in [4.78, 5) is 31.9. The fourth-order valence-electron chi connectivity index (χ4n) is 3.34. The maximum atomic E-state index is 13.7. The van der Waals surface area contributed by atoms with Gasteiger partial charge in [0.15, 0.2) is 5.17 Å². The zero-order chi connectivity index (χ0) is 23.4. The van der Waals surface area contributed by atoms with E-state index in [0.29, 0.717) is 28.1 Å². The number of amidine groups is 1. The summed E-state index contributed by atoms with van der Waals surface area (Å²) in [5.74, 6) is -0.919. The molecule has 1 aliphatic heterocycles. The number of nitrogens with one attached hydrogen (secondary N) is 1. The molecule has 8 heteroatoms. The van der Waals surface area contributed by atoms with Crippen LogP contribution in [-0.4, -0.2) is 27.1 Å². The maximum absolute atomic E-state index is 13.7. The van der Waals surface area contributed by atoms with Crippen LogP contribution in [0.2, 0.25) is 5.02 Å². The number of anilines is 1. The van der Waals surface area contributed by atoms with Crippen molar-refractivity contribution in [2.75, 3.05) is 5.32 Å². The average molecular weight is 482 g/mol. The van der Waals surface area contributed by atoms with Crippen LogP contribution >= 0.6 is 23.4 Å². The lowest BCUT2D eigenvalue weighted by Crippen LogP contribution is -2.33. The van der Waals surface area contributed by atoms with E-state index in [1.165, 1.54) is 23.9 Å². The Bertz CT molecular complexity index is 1220. The minimum Gasteiger partial charge on any atom is -0.326 e. The standard InChI is InChI=1S/C25H21ClFN3O2S/c1-16-10-11-20(13-21(16)26)28-23(31)14-22-24(32)30(15-17-6-3-2-4-7-17)25(33-22)29-19-9-5-8-18(27)12-19/h2-13,22H,14-15H2,1H3,(H,28,31)/t22-/m0/s1. The van der Waals surface area contributed by atoms with Gasteiger partial charge in [0.2, 0.25) is 11.8 Å². The SMILES string of the molecule is Cc1ccc(NC(=O)C[C@@H]2SC(=Nc3cccc(F)c3)N(Cc3ccccc3)C2=O)cc1Cl. The number of hydrogen-bond acceptors (Lipinski definition) is 4. The van der Waals surface area contributed by atoms with Crippen molar-refractivity contribution in [1.29, 1.82) is 0 Å². The van der Waals surface area contributed by atoms with Gasteiger partial charge in [-0.05, 0) is 48.4 Å². The van der Waals surface area contributed by atoms with Crippen molar-refractivity contribution in [3.63, 3.8) is 0 Å². The first kappa shape index (κ1) is 23.0. The van der Waals surface area contributed by atoms with Crippen LogP contribution in [0.4, 0.5) is 15.8 Å². The van der Waals surface area contributed by atoms with Gasteiger partial charge in [-0.3, -0.25) is 14.5 Å². The second-order valence-corrected chi connectivity index (χ2v) is 9.18. The molecule has 33 heavy (non-hydrogen) atoms. The van der Waals surface area contributed by atoms with E-state index in [4.69, 9.17) is 11.6 Å². The largest absolute Gasteiger partial charge is 0.326 e. The smallest absolute Gasteiger partial charge is 0.242 e. The van der Waals surface area contributed by atoms with E-state index in [-0.39, 0.29) is 18.2 Å². The number of halogens is 2. The molecule has 0 unspecified atom stereocenters. The Labute approximate surface area is 200 Å². The lowest BCUT2D eigenvalue weighted by atomic mass is 10.2. The van der Waals surface area contributed by atoms with Crippen LogP contribution in [0, 0.1) is 12.7 Å². The Balaban J connectivity index is 1.54. The summed E-state index contributed by atoms with van der Waals surface area (Å²) in [6.07, 6.45) is -0.0253. The molecular formula is C25H21ClFN3O2S. The molecule has 0 aliphatic carbocycles. The molecule has 1 heterocycles. The highest BCUT2D eigenvalue weighted by Crippen LogP contribution is 2.33. The summed E-state index contributed by atoms with van der Waals surface area (Å²) >= 11 is 7.34. The first-order chi connectivity index (χ1) is 15.9. The topological polar surface area (TPSA) is 61.8 Å². The van der Waals surface area contributed by atoms with Crippen molar-refractivity contribution in [3.05, 3.63) is 94.8 Å². The Morgan fingerprint density at radius 1 is 1.12 bits per heavy atom. The second kappa shape index (κ2) is 10.2. The number of aryl methyl sites for hydroxylation is 1. The summed E-state index contributed by atoms with van der Waals surface area (Å²) < 4.78 is 13.7. The number of aliphatic imine (C=N–C) groups is 1. The molecule has 0 aromatic heterocycles. The van der Waals surface area contributed by atoms with Gasteiger partial charge in [0.25, 0.3) is 0 Å². The van der Waals surface area contributed by atoms with E-state index >= 15 is 0 Å². The zero-order valence-corrected chi connectivity index (χ0v) is 19.4. The quantitative estimate of drug-likeness (QED) is 0.473. The number of rotatable bonds is 6. The van der Waals surface area contributed by atoms with Gasteiger partial charge in [0, 0.05) is 17.1 Å². The molecule has 168 valence electrons. The Kier molecular flexibility index (Phi) is 7.11. The van der Waals surface area contributed by atoms with Crippen molar-refractivity contribution in [2.24, 2.45) is 4.99 Å². The first-order valence-electron chi connectivity index (χ1n) is 10.3. The molecule has 1 fully saturated rings. The Morgan fingerprint density at radius 2 is 1.91 bits per heavy atom. The molecule has 2 amide bonds. The van der Waals surface area contributed by atoms with Crippen molar-refractivity contribution in [2.45, 2.75) is 25.1 Å². The fourth-order valence-corrected chi connectivity index (χ4v) is 4.68. The summed E-state index contributed by atoms with van der Waals surface area (Å²) in [6.45, 7) is 2.19. The predicted molar refractivity (Wildman–Crippen MR) is 131 cm³/mol. The number of nitrogens with zero attached hydrogens (tertiary/aromatic N) is 2. The van der Waals surface area contributed by atoms with Crippen molar-refractivity contribution >= 4 is 51.7 Å². The molecule has 0 radical (unpaired) electrons. The molecule has 3 aromatic carbocycles. The molecular weight excluding hydrogens is 461 g/mol. The normalized spacial score (nSPS) is 16.9.